The van der Waals surface area contributed by atoms with Gasteiger partial charge in [0.25, 0.3) is 0 Å². The van der Waals surface area contributed by atoms with Crippen LogP contribution in [0.3, 0.4) is 0 Å². The number of benzene rings is 2. The van der Waals surface area contributed by atoms with Crippen LogP contribution >= 0.6 is 0 Å². The number of pyridine rings is 1. The summed E-state index contributed by atoms with van der Waals surface area (Å²) in [5.41, 5.74) is 3.83. The van der Waals surface area contributed by atoms with E-state index in [0.29, 0.717) is 35.6 Å². The van der Waals surface area contributed by atoms with Crippen molar-refractivity contribution in [3.63, 3.8) is 0 Å². The SMILES string of the molecule is COc1cc(-c2ncccc2CN(c2cccc(OC)c2OC)C2CCNCC2)cc(OC)c1OC. The zero-order chi connectivity index (χ0) is 25.5. The quantitative estimate of drug-likeness (QED) is 0.441. The summed E-state index contributed by atoms with van der Waals surface area (Å²) in [6.45, 7) is 2.59. The molecule has 1 aliphatic rings. The molecule has 0 atom stereocenters. The second kappa shape index (κ2) is 11.9. The summed E-state index contributed by atoms with van der Waals surface area (Å²) in [6.07, 6.45) is 3.86. The zero-order valence-electron chi connectivity index (χ0n) is 21.7. The molecule has 0 saturated carbocycles. The molecule has 8 nitrogen and oxygen atoms in total. The molecule has 0 unspecified atom stereocenters. The smallest absolute Gasteiger partial charge is 0.203 e. The highest BCUT2D eigenvalue weighted by Crippen LogP contribution is 2.43. The number of piperidine rings is 1. The maximum absolute atomic E-state index is 5.83. The molecule has 1 aromatic heterocycles. The Kier molecular flexibility index (Phi) is 8.38. The summed E-state index contributed by atoms with van der Waals surface area (Å²) in [7, 11) is 8.20. The third-order valence-corrected chi connectivity index (χ3v) is 6.61. The maximum Gasteiger partial charge on any atom is 0.203 e. The van der Waals surface area contributed by atoms with Gasteiger partial charge in [0.2, 0.25) is 5.75 Å². The van der Waals surface area contributed by atoms with E-state index in [1.165, 1.54) is 0 Å². The highest BCUT2D eigenvalue weighted by Gasteiger charge is 2.27. The topological polar surface area (TPSA) is 74.3 Å². The number of hydrogen-bond acceptors (Lipinski definition) is 8. The van der Waals surface area contributed by atoms with E-state index in [9.17, 15) is 0 Å². The van der Waals surface area contributed by atoms with Gasteiger partial charge in [0.1, 0.15) is 0 Å². The Morgan fingerprint density at radius 2 is 1.47 bits per heavy atom. The molecule has 0 spiro atoms. The van der Waals surface area contributed by atoms with Crippen LogP contribution in [-0.2, 0) is 6.54 Å². The third-order valence-electron chi connectivity index (χ3n) is 6.61. The molecular formula is C28H35N3O5. The molecule has 0 bridgehead atoms. The maximum atomic E-state index is 5.83. The Morgan fingerprint density at radius 3 is 2.08 bits per heavy atom. The number of aromatic nitrogens is 1. The average molecular weight is 494 g/mol. The second-order valence-electron chi connectivity index (χ2n) is 8.55. The van der Waals surface area contributed by atoms with E-state index >= 15 is 0 Å². The fourth-order valence-electron chi connectivity index (χ4n) is 4.85. The van der Waals surface area contributed by atoms with Gasteiger partial charge in [0, 0.05) is 24.3 Å². The Bertz CT molecular complexity index is 1140. The summed E-state index contributed by atoms with van der Waals surface area (Å²) in [5.74, 6) is 3.18. The van der Waals surface area contributed by atoms with Gasteiger partial charge in [-0.25, -0.2) is 0 Å². The van der Waals surface area contributed by atoms with Crippen molar-refractivity contribution in [1.82, 2.24) is 10.3 Å². The number of ether oxygens (including phenoxy) is 5. The molecule has 192 valence electrons. The molecule has 0 amide bonds. The first-order valence-corrected chi connectivity index (χ1v) is 12.1. The van der Waals surface area contributed by atoms with Crippen LogP contribution in [-0.4, -0.2) is 59.7 Å². The van der Waals surface area contributed by atoms with Crippen LogP contribution < -0.4 is 33.9 Å². The third kappa shape index (κ3) is 5.14. The van der Waals surface area contributed by atoms with Gasteiger partial charge in [-0.2, -0.15) is 0 Å². The number of hydrogen-bond donors (Lipinski definition) is 1. The van der Waals surface area contributed by atoms with Crippen LogP contribution in [0.5, 0.6) is 28.7 Å². The van der Waals surface area contributed by atoms with Crippen molar-refractivity contribution in [2.45, 2.75) is 25.4 Å². The van der Waals surface area contributed by atoms with Crippen LogP contribution in [0.2, 0.25) is 0 Å². The molecule has 1 saturated heterocycles. The Morgan fingerprint density at radius 1 is 0.806 bits per heavy atom. The molecule has 3 aromatic rings. The van der Waals surface area contributed by atoms with Crippen molar-refractivity contribution in [3.05, 3.63) is 54.2 Å². The fraction of sp³-hybridized carbons (Fsp3) is 0.393. The van der Waals surface area contributed by atoms with E-state index in [1.54, 1.807) is 35.5 Å². The lowest BCUT2D eigenvalue weighted by Gasteiger charge is -2.37. The summed E-state index contributed by atoms with van der Waals surface area (Å²) in [6, 6.07) is 14.3. The minimum absolute atomic E-state index is 0.334. The van der Waals surface area contributed by atoms with E-state index in [-0.39, 0.29) is 0 Å². The zero-order valence-corrected chi connectivity index (χ0v) is 21.7. The van der Waals surface area contributed by atoms with Crippen LogP contribution in [0.15, 0.2) is 48.7 Å². The first-order chi connectivity index (χ1) is 17.6. The van der Waals surface area contributed by atoms with Crippen molar-refractivity contribution >= 4 is 5.69 Å². The first-order valence-electron chi connectivity index (χ1n) is 12.1. The number of nitrogens with one attached hydrogen (secondary N) is 1. The molecular weight excluding hydrogens is 458 g/mol. The lowest BCUT2D eigenvalue weighted by molar-refractivity contribution is 0.324. The van der Waals surface area contributed by atoms with Crippen LogP contribution in [0.1, 0.15) is 18.4 Å². The molecule has 2 aromatic carbocycles. The highest BCUT2D eigenvalue weighted by molar-refractivity contribution is 5.72. The van der Waals surface area contributed by atoms with Crippen molar-refractivity contribution in [2.24, 2.45) is 0 Å². The summed E-state index contributed by atoms with van der Waals surface area (Å²) < 4.78 is 28.2. The van der Waals surface area contributed by atoms with Crippen LogP contribution in [0.4, 0.5) is 5.69 Å². The molecule has 8 heteroatoms. The normalized spacial score (nSPS) is 13.7. The standard InChI is InChI=1S/C28H35N3O5/c1-32-23-10-6-9-22(27(23)35-4)31(21-11-14-29-15-12-21)18-19-8-7-13-30-26(19)20-16-24(33-2)28(36-5)25(17-20)34-3/h6-10,13,16-17,21,29H,11-12,14-15,18H2,1-5H3. The minimum Gasteiger partial charge on any atom is -0.493 e. The molecule has 36 heavy (non-hydrogen) atoms. The van der Waals surface area contributed by atoms with Gasteiger partial charge < -0.3 is 33.9 Å². The van der Waals surface area contributed by atoms with Crippen LogP contribution in [0.25, 0.3) is 11.3 Å². The molecule has 0 aliphatic carbocycles. The molecule has 1 fully saturated rings. The largest absolute Gasteiger partial charge is 0.493 e. The van der Waals surface area contributed by atoms with Crippen molar-refractivity contribution in [1.29, 1.82) is 0 Å². The Balaban J connectivity index is 1.81. The number of anilines is 1. The van der Waals surface area contributed by atoms with E-state index in [1.807, 2.05) is 36.5 Å². The number of nitrogens with zero attached hydrogens (tertiary/aromatic N) is 2. The molecule has 4 rings (SSSR count). The van der Waals surface area contributed by atoms with Crippen molar-refractivity contribution in [2.75, 3.05) is 53.5 Å². The summed E-state index contributed by atoms with van der Waals surface area (Å²) in [5, 5.41) is 3.47. The van der Waals surface area contributed by atoms with Gasteiger partial charge in [0.15, 0.2) is 23.0 Å². The van der Waals surface area contributed by atoms with E-state index in [4.69, 9.17) is 28.7 Å². The van der Waals surface area contributed by atoms with Crippen molar-refractivity contribution in [3.8, 4) is 40.0 Å². The lowest BCUT2D eigenvalue weighted by Crippen LogP contribution is -2.43. The number of methoxy groups -OCH3 is 5. The number of rotatable bonds is 10. The average Bonchev–Trinajstić information content (AvgIpc) is 2.95. The predicted molar refractivity (Wildman–Crippen MR) is 141 cm³/mol. The molecule has 0 radical (unpaired) electrons. The predicted octanol–water partition coefficient (Wildman–Crippen LogP) is 4.55. The van der Waals surface area contributed by atoms with E-state index in [2.05, 4.69) is 22.3 Å². The van der Waals surface area contributed by atoms with Crippen LogP contribution in [0, 0.1) is 0 Å². The Labute approximate surface area is 213 Å². The lowest BCUT2D eigenvalue weighted by atomic mass is 10.00. The van der Waals surface area contributed by atoms with Gasteiger partial charge in [-0.15, -0.1) is 0 Å². The number of para-hydroxylation sites is 1. The monoisotopic (exact) mass is 493 g/mol. The van der Waals surface area contributed by atoms with Gasteiger partial charge in [0.05, 0.1) is 46.9 Å². The van der Waals surface area contributed by atoms with E-state index < -0.39 is 0 Å². The fourth-order valence-corrected chi connectivity index (χ4v) is 4.85. The first kappa shape index (κ1) is 25.4. The summed E-state index contributed by atoms with van der Waals surface area (Å²) in [4.78, 5) is 7.19. The van der Waals surface area contributed by atoms with Crippen molar-refractivity contribution < 1.29 is 23.7 Å². The van der Waals surface area contributed by atoms with Gasteiger partial charge in [-0.3, -0.25) is 4.98 Å². The molecule has 1 aliphatic heterocycles. The highest BCUT2D eigenvalue weighted by atomic mass is 16.5. The molecule has 2 heterocycles. The second-order valence-corrected chi connectivity index (χ2v) is 8.55. The van der Waals surface area contributed by atoms with Gasteiger partial charge >= 0.3 is 0 Å². The van der Waals surface area contributed by atoms with Gasteiger partial charge in [-0.1, -0.05) is 12.1 Å². The molecule has 1 N–H and O–H groups in total. The van der Waals surface area contributed by atoms with Gasteiger partial charge in [-0.05, 0) is 61.8 Å². The summed E-state index contributed by atoms with van der Waals surface area (Å²) >= 11 is 0. The minimum atomic E-state index is 0.334. The van der Waals surface area contributed by atoms with E-state index in [0.717, 1.165) is 54.2 Å². The Hall–Kier alpha value is -3.65.